The molecule has 1 unspecified atom stereocenters. The van der Waals surface area contributed by atoms with E-state index < -0.39 is 0 Å². The number of methoxy groups -OCH3 is 1. The summed E-state index contributed by atoms with van der Waals surface area (Å²) in [6.45, 7) is 2.37. The highest BCUT2D eigenvalue weighted by molar-refractivity contribution is 6.30. The van der Waals surface area contributed by atoms with Gasteiger partial charge in [-0.2, -0.15) is 0 Å². The molecule has 1 atom stereocenters. The summed E-state index contributed by atoms with van der Waals surface area (Å²) in [5.74, 6) is 1.15. The van der Waals surface area contributed by atoms with Gasteiger partial charge >= 0.3 is 0 Å². The van der Waals surface area contributed by atoms with Crippen molar-refractivity contribution in [3.05, 3.63) is 64.2 Å². The fourth-order valence-corrected chi connectivity index (χ4v) is 3.57. The van der Waals surface area contributed by atoms with Crippen LogP contribution >= 0.6 is 24.0 Å². The van der Waals surface area contributed by atoms with Crippen molar-refractivity contribution in [3.63, 3.8) is 0 Å². The Morgan fingerprint density at radius 2 is 2.08 bits per heavy atom. The Morgan fingerprint density at radius 3 is 2.77 bits per heavy atom. The van der Waals surface area contributed by atoms with Crippen molar-refractivity contribution in [1.29, 1.82) is 0 Å². The zero-order valence-corrected chi connectivity index (χ0v) is 16.6. The second kappa shape index (κ2) is 9.26. The van der Waals surface area contributed by atoms with E-state index in [-0.39, 0.29) is 18.3 Å². The number of carbonyl (C=O) groups excluding carboxylic acids is 1. The van der Waals surface area contributed by atoms with Gasteiger partial charge in [0.15, 0.2) is 0 Å². The Bertz CT molecular complexity index is 761. The minimum Gasteiger partial charge on any atom is -0.496 e. The number of rotatable bonds is 5. The van der Waals surface area contributed by atoms with Gasteiger partial charge < -0.3 is 15.0 Å². The lowest BCUT2D eigenvalue weighted by Gasteiger charge is -2.22. The van der Waals surface area contributed by atoms with Crippen LogP contribution in [0.15, 0.2) is 42.5 Å². The first-order chi connectivity index (χ1) is 12.1. The number of carbonyl (C=O) groups is 1. The third kappa shape index (κ3) is 4.50. The molecule has 3 rings (SSSR count). The molecular weight excluding hydrogens is 371 g/mol. The number of hydrogen-bond acceptors (Lipinski definition) is 3. The van der Waals surface area contributed by atoms with Crippen LogP contribution < -0.4 is 10.1 Å². The molecule has 26 heavy (non-hydrogen) atoms. The minimum absolute atomic E-state index is 0. The molecule has 0 aliphatic carbocycles. The van der Waals surface area contributed by atoms with E-state index in [2.05, 4.69) is 11.4 Å². The second-order valence-electron chi connectivity index (χ2n) is 6.39. The van der Waals surface area contributed by atoms with Gasteiger partial charge in [0, 0.05) is 36.3 Å². The van der Waals surface area contributed by atoms with Crippen molar-refractivity contribution in [2.24, 2.45) is 0 Å². The monoisotopic (exact) mass is 394 g/mol. The third-order valence-electron chi connectivity index (χ3n) is 4.69. The first-order valence-electron chi connectivity index (χ1n) is 8.47. The lowest BCUT2D eigenvalue weighted by molar-refractivity contribution is 0.0782. The van der Waals surface area contributed by atoms with E-state index in [4.69, 9.17) is 16.3 Å². The van der Waals surface area contributed by atoms with E-state index in [1.165, 1.54) is 0 Å². The van der Waals surface area contributed by atoms with Gasteiger partial charge in [-0.05, 0) is 48.7 Å². The van der Waals surface area contributed by atoms with Crippen LogP contribution in [0.2, 0.25) is 5.02 Å². The molecule has 0 radical (unpaired) electrons. The molecule has 1 fully saturated rings. The van der Waals surface area contributed by atoms with Gasteiger partial charge in [0.2, 0.25) is 0 Å². The van der Waals surface area contributed by atoms with Crippen LogP contribution in [-0.2, 0) is 6.54 Å². The lowest BCUT2D eigenvalue weighted by Crippen LogP contribution is -2.28. The van der Waals surface area contributed by atoms with Gasteiger partial charge in [-0.1, -0.05) is 29.8 Å². The fraction of sp³-hybridized carbons (Fsp3) is 0.350. The topological polar surface area (TPSA) is 41.6 Å². The van der Waals surface area contributed by atoms with Crippen LogP contribution in [0.5, 0.6) is 5.75 Å². The van der Waals surface area contributed by atoms with Gasteiger partial charge in [0.05, 0.1) is 7.11 Å². The standard InChI is InChI=1S/C20H23ClN2O2.ClH/c1-23(13-15-11-16(21)7-8-19(15)25-2)20(24)18-6-4-3-5-17(18)14-9-10-22-12-14;/h3-8,11,14,22H,9-10,12-13H2,1-2H3;1H. The van der Waals surface area contributed by atoms with E-state index >= 15 is 0 Å². The van der Waals surface area contributed by atoms with Gasteiger partial charge in [-0.15, -0.1) is 12.4 Å². The van der Waals surface area contributed by atoms with Crippen LogP contribution in [0.25, 0.3) is 0 Å². The number of halogens is 2. The summed E-state index contributed by atoms with van der Waals surface area (Å²) >= 11 is 6.10. The van der Waals surface area contributed by atoms with Crippen LogP contribution in [0, 0.1) is 0 Å². The average molecular weight is 395 g/mol. The molecule has 0 bridgehead atoms. The predicted molar refractivity (Wildman–Crippen MR) is 108 cm³/mol. The largest absolute Gasteiger partial charge is 0.496 e. The Labute approximate surface area is 165 Å². The maximum absolute atomic E-state index is 13.0. The number of ether oxygens (including phenoxy) is 1. The molecule has 6 heteroatoms. The molecule has 1 heterocycles. The summed E-state index contributed by atoms with van der Waals surface area (Å²) in [6, 6.07) is 13.4. The molecule has 1 saturated heterocycles. The molecular formula is C20H24Cl2N2O2. The number of amides is 1. The van der Waals surface area contributed by atoms with E-state index in [0.717, 1.165) is 42.0 Å². The highest BCUT2D eigenvalue weighted by Crippen LogP contribution is 2.28. The maximum atomic E-state index is 13.0. The molecule has 1 aliphatic heterocycles. The zero-order valence-electron chi connectivity index (χ0n) is 15.0. The fourth-order valence-electron chi connectivity index (χ4n) is 3.37. The minimum atomic E-state index is 0. The molecule has 0 aromatic heterocycles. The third-order valence-corrected chi connectivity index (χ3v) is 4.92. The molecule has 0 spiro atoms. The van der Waals surface area contributed by atoms with E-state index in [0.29, 0.717) is 17.5 Å². The van der Waals surface area contributed by atoms with Crippen LogP contribution in [0.1, 0.15) is 33.8 Å². The molecule has 0 saturated carbocycles. The quantitative estimate of drug-likeness (QED) is 0.828. The normalized spacial score (nSPS) is 16.0. The summed E-state index contributed by atoms with van der Waals surface area (Å²) < 4.78 is 5.39. The van der Waals surface area contributed by atoms with Crippen LogP contribution in [0.3, 0.4) is 0 Å². The van der Waals surface area contributed by atoms with Gasteiger partial charge in [0.25, 0.3) is 5.91 Å². The zero-order chi connectivity index (χ0) is 17.8. The number of hydrogen-bond donors (Lipinski definition) is 1. The first kappa shape index (κ1) is 20.6. The molecule has 2 aromatic carbocycles. The van der Waals surface area contributed by atoms with Crippen molar-refractivity contribution < 1.29 is 9.53 Å². The van der Waals surface area contributed by atoms with Gasteiger partial charge in [0.1, 0.15) is 5.75 Å². The van der Waals surface area contributed by atoms with Crippen LogP contribution in [-0.4, -0.2) is 38.1 Å². The number of benzene rings is 2. The van der Waals surface area contributed by atoms with Crippen LogP contribution in [0.4, 0.5) is 0 Å². The average Bonchev–Trinajstić information content (AvgIpc) is 3.16. The number of nitrogens with one attached hydrogen (secondary N) is 1. The predicted octanol–water partition coefficient (Wildman–Crippen LogP) is 4.12. The maximum Gasteiger partial charge on any atom is 0.254 e. The van der Waals surface area contributed by atoms with Gasteiger partial charge in [-0.3, -0.25) is 4.79 Å². The summed E-state index contributed by atoms with van der Waals surface area (Å²) in [5.41, 5.74) is 2.80. The number of nitrogens with zero attached hydrogens (tertiary/aromatic N) is 1. The molecule has 2 aromatic rings. The van der Waals surface area contributed by atoms with E-state index in [9.17, 15) is 4.79 Å². The SMILES string of the molecule is COc1ccc(Cl)cc1CN(C)C(=O)c1ccccc1C1CCNC1.Cl. The molecule has 4 nitrogen and oxygen atoms in total. The van der Waals surface area contributed by atoms with Crippen molar-refractivity contribution >= 4 is 29.9 Å². The van der Waals surface area contributed by atoms with Crippen molar-refractivity contribution in [2.75, 3.05) is 27.2 Å². The highest BCUT2D eigenvalue weighted by atomic mass is 35.5. The Morgan fingerprint density at radius 1 is 1.31 bits per heavy atom. The summed E-state index contributed by atoms with van der Waals surface area (Å²) in [7, 11) is 3.43. The first-order valence-corrected chi connectivity index (χ1v) is 8.85. The summed E-state index contributed by atoms with van der Waals surface area (Å²) in [6.07, 6.45) is 1.07. The van der Waals surface area contributed by atoms with E-state index in [1.54, 1.807) is 18.1 Å². The molecule has 1 aliphatic rings. The Balaban J connectivity index is 0.00000243. The Hall–Kier alpha value is -1.75. The summed E-state index contributed by atoms with van der Waals surface area (Å²) in [5, 5.41) is 4.00. The van der Waals surface area contributed by atoms with Crippen molar-refractivity contribution in [2.45, 2.75) is 18.9 Å². The smallest absolute Gasteiger partial charge is 0.254 e. The highest BCUT2D eigenvalue weighted by Gasteiger charge is 2.24. The molecule has 140 valence electrons. The Kier molecular flexibility index (Phi) is 7.33. The lowest BCUT2D eigenvalue weighted by atomic mass is 9.93. The summed E-state index contributed by atoms with van der Waals surface area (Å²) in [4.78, 5) is 14.8. The second-order valence-corrected chi connectivity index (χ2v) is 6.83. The molecule has 1 amide bonds. The molecule has 1 N–H and O–H groups in total. The van der Waals surface area contributed by atoms with E-state index in [1.807, 2.05) is 37.4 Å². The van der Waals surface area contributed by atoms with Gasteiger partial charge in [-0.25, -0.2) is 0 Å². The van der Waals surface area contributed by atoms with Crippen molar-refractivity contribution in [1.82, 2.24) is 10.2 Å². The van der Waals surface area contributed by atoms with Crippen molar-refractivity contribution in [3.8, 4) is 5.75 Å².